The standard InChI is InChI=1S/C20H24O9S/c1-11(21)25-10-16-17(26-12(2)22)18(27-13(3)23)19(28-14(4)24)20(29-16)30-15-8-6-5-7-9-15/h5-9,16-20H,10H2,1-4H3/t16-,17+,18+,19+,20-/m1/s1. The Labute approximate surface area is 178 Å². The van der Waals surface area contributed by atoms with E-state index in [4.69, 9.17) is 23.7 Å². The van der Waals surface area contributed by atoms with E-state index in [2.05, 4.69) is 0 Å². The smallest absolute Gasteiger partial charge is 0.303 e. The average Bonchev–Trinajstić information content (AvgIpc) is 2.64. The second-order valence-corrected chi connectivity index (χ2v) is 7.67. The maximum absolute atomic E-state index is 11.8. The van der Waals surface area contributed by atoms with Crippen molar-refractivity contribution in [3.8, 4) is 0 Å². The zero-order valence-electron chi connectivity index (χ0n) is 17.1. The number of ether oxygens (including phenoxy) is 5. The summed E-state index contributed by atoms with van der Waals surface area (Å²) >= 11 is 1.23. The molecular weight excluding hydrogens is 416 g/mol. The van der Waals surface area contributed by atoms with E-state index in [1.54, 1.807) is 0 Å². The lowest BCUT2D eigenvalue weighted by Gasteiger charge is -2.44. The zero-order chi connectivity index (χ0) is 22.3. The van der Waals surface area contributed by atoms with Crippen LogP contribution in [0, 0.1) is 0 Å². The summed E-state index contributed by atoms with van der Waals surface area (Å²) in [5.41, 5.74) is -0.826. The largest absolute Gasteiger partial charge is 0.463 e. The number of esters is 4. The highest BCUT2D eigenvalue weighted by atomic mass is 32.2. The van der Waals surface area contributed by atoms with Crippen LogP contribution in [-0.4, -0.2) is 60.3 Å². The fourth-order valence-corrected chi connectivity index (χ4v) is 4.04. The van der Waals surface area contributed by atoms with Gasteiger partial charge in [0.25, 0.3) is 0 Å². The van der Waals surface area contributed by atoms with Crippen molar-refractivity contribution in [2.75, 3.05) is 6.61 Å². The third kappa shape index (κ3) is 7.03. The van der Waals surface area contributed by atoms with Crippen LogP contribution >= 0.6 is 11.8 Å². The molecule has 0 aliphatic carbocycles. The number of carbonyl (C=O) groups excluding carboxylic acids is 4. The van der Waals surface area contributed by atoms with Crippen molar-refractivity contribution in [1.29, 1.82) is 0 Å². The first kappa shape index (κ1) is 23.7. The molecule has 2 rings (SSSR count). The first-order chi connectivity index (χ1) is 14.2. The molecule has 0 saturated carbocycles. The van der Waals surface area contributed by atoms with Crippen LogP contribution in [0.4, 0.5) is 0 Å². The van der Waals surface area contributed by atoms with Gasteiger partial charge in [-0.05, 0) is 12.1 Å². The van der Waals surface area contributed by atoms with Crippen LogP contribution in [-0.2, 0) is 42.9 Å². The Kier molecular flexibility index (Phi) is 8.67. The lowest BCUT2D eigenvalue weighted by molar-refractivity contribution is -0.237. The van der Waals surface area contributed by atoms with Gasteiger partial charge in [0.2, 0.25) is 0 Å². The van der Waals surface area contributed by atoms with E-state index >= 15 is 0 Å². The SMILES string of the molecule is CC(=O)OC[C@H]1O[C@H](Sc2ccccc2)[C@@H](OC(C)=O)[C@@H](OC(C)=O)[C@H]1OC(C)=O. The summed E-state index contributed by atoms with van der Waals surface area (Å²) in [6.07, 6.45) is -4.33. The quantitative estimate of drug-likeness (QED) is 0.460. The molecule has 1 aromatic carbocycles. The molecule has 1 aromatic rings. The monoisotopic (exact) mass is 440 g/mol. The zero-order valence-corrected chi connectivity index (χ0v) is 17.9. The van der Waals surface area contributed by atoms with Gasteiger partial charge in [-0.15, -0.1) is 0 Å². The van der Waals surface area contributed by atoms with Gasteiger partial charge in [-0.2, -0.15) is 0 Å². The minimum atomic E-state index is -1.16. The van der Waals surface area contributed by atoms with E-state index in [1.807, 2.05) is 30.3 Å². The summed E-state index contributed by atoms with van der Waals surface area (Å²) in [5, 5.41) is 0. The Morgan fingerprint density at radius 3 is 1.87 bits per heavy atom. The van der Waals surface area contributed by atoms with Crippen LogP contribution in [0.3, 0.4) is 0 Å². The van der Waals surface area contributed by atoms with Gasteiger partial charge in [0, 0.05) is 32.6 Å². The molecule has 10 heteroatoms. The summed E-state index contributed by atoms with van der Waals surface area (Å²) in [6, 6.07) is 9.16. The molecule has 5 atom stereocenters. The van der Waals surface area contributed by atoms with Gasteiger partial charge in [0.1, 0.15) is 18.1 Å². The molecule has 9 nitrogen and oxygen atoms in total. The third-order valence-electron chi connectivity index (χ3n) is 3.94. The number of thioether (sulfide) groups is 1. The van der Waals surface area contributed by atoms with Crippen molar-refractivity contribution in [2.24, 2.45) is 0 Å². The van der Waals surface area contributed by atoms with Crippen LogP contribution in [0.15, 0.2) is 35.2 Å². The summed E-state index contributed by atoms with van der Waals surface area (Å²) < 4.78 is 27.2. The molecule has 1 saturated heterocycles. The van der Waals surface area contributed by atoms with Gasteiger partial charge in [-0.1, -0.05) is 30.0 Å². The molecule has 1 aliphatic rings. The molecule has 1 aliphatic heterocycles. The molecule has 0 radical (unpaired) electrons. The van der Waals surface area contributed by atoms with E-state index in [0.717, 1.165) is 4.90 Å². The first-order valence-electron chi connectivity index (χ1n) is 9.19. The van der Waals surface area contributed by atoms with Crippen LogP contribution < -0.4 is 0 Å². The van der Waals surface area contributed by atoms with Gasteiger partial charge >= 0.3 is 23.9 Å². The van der Waals surface area contributed by atoms with E-state index < -0.39 is 53.7 Å². The minimum absolute atomic E-state index is 0.246. The molecule has 30 heavy (non-hydrogen) atoms. The van der Waals surface area contributed by atoms with Gasteiger partial charge in [0.05, 0.1) is 0 Å². The Balaban J connectivity index is 2.42. The Bertz CT molecular complexity index is 767. The van der Waals surface area contributed by atoms with Gasteiger partial charge in [-0.25, -0.2) is 0 Å². The second-order valence-electron chi connectivity index (χ2n) is 6.50. The molecule has 0 N–H and O–H groups in total. The van der Waals surface area contributed by atoms with Gasteiger partial charge < -0.3 is 23.7 Å². The van der Waals surface area contributed by atoms with Crippen LogP contribution in [0.5, 0.6) is 0 Å². The predicted octanol–water partition coefficient (Wildman–Crippen LogP) is 1.86. The normalized spacial score (nSPS) is 25.7. The number of rotatable bonds is 7. The highest BCUT2D eigenvalue weighted by molar-refractivity contribution is 7.99. The molecular formula is C20H24O9S. The summed E-state index contributed by atoms with van der Waals surface area (Å²) in [4.78, 5) is 47.3. The molecule has 0 bridgehead atoms. The number of hydrogen-bond acceptors (Lipinski definition) is 10. The molecule has 1 heterocycles. The topological polar surface area (TPSA) is 114 Å². The van der Waals surface area contributed by atoms with E-state index in [0.29, 0.717) is 0 Å². The number of carbonyl (C=O) groups is 4. The molecule has 164 valence electrons. The van der Waals surface area contributed by atoms with Gasteiger partial charge in [0.15, 0.2) is 18.3 Å². The van der Waals surface area contributed by atoms with Crippen molar-refractivity contribution in [1.82, 2.24) is 0 Å². The minimum Gasteiger partial charge on any atom is -0.463 e. The number of hydrogen-bond donors (Lipinski definition) is 0. The molecule has 1 fully saturated rings. The lowest BCUT2D eigenvalue weighted by atomic mass is 9.99. The van der Waals surface area contributed by atoms with Gasteiger partial charge in [-0.3, -0.25) is 19.2 Å². The predicted molar refractivity (Wildman–Crippen MR) is 104 cm³/mol. The van der Waals surface area contributed by atoms with Crippen molar-refractivity contribution in [3.63, 3.8) is 0 Å². The molecule has 0 amide bonds. The maximum atomic E-state index is 11.8. The highest BCUT2D eigenvalue weighted by Gasteiger charge is 2.52. The summed E-state index contributed by atoms with van der Waals surface area (Å²) in [7, 11) is 0. The van der Waals surface area contributed by atoms with Crippen LogP contribution in [0.25, 0.3) is 0 Å². The fraction of sp³-hybridized carbons (Fsp3) is 0.500. The van der Waals surface area contributed by atoms with Crippen LogP contribution in [0.2, 0.25) is 0 Å². The molecule has 0 unspecified atom stereocenters. The Hall–Kier alpha value is -2.59. The maximum Gasteiger partial charge on any atom is 0.303 e. The molecule has 0 aromatic heterocycles. The fourth-order valence-electron chi connectivity index (χ4n) is 2.92. The Morgan fingerprint density at radius 2 is 1.33 bits per heavy atom. The molecule has 0 spiro atoms. The summed E-state index contributed by atoms with van der Waals surface area (Å²) in [5.74, 6) is -2.51. The lowest BCUT2D eigenvalue weighted by Crippen LogP contribution is -2.61. The first-order valence-corrected chi connectivity index (χ1v) is 10.1. The van der Waals surface area contributed by atoms with Crippen molar-refractivity contribution in [3.05, 3.63) is 30.3 Å². The number of benzene rings is 1. The van der Waals surface area contributed by atoms with E-state index in [1.165, 1.54) is 39.5 Å². The van der Waals surface area contributed by atoms with Crippen molar-refractivity contribution < 1.29 is 42.9 Å². The van der Waals surface area contributed by atoms with E-state index in [9.17, 15) is 19.2 Å². The third-order valence-corrected chi connectivity index (χ3v) is 5.10. The van der Waals surface area contributed by atoms with Crippen LogP contribution in [0.1, 0.15) is 27.7 Å². The highest BCUT2D eigenvalue weighted by Crippen LogP contribution is 2.37. The van der Waals surface area contributed by atoms with Crippen molar-refractivity contribution in [2.45, 2.75) is 62.4 Å². The van der Waals surface area contributed by atoms with Crippen molar-refractivity contribution >= 4 is 35.6 Å². The Morgan fingerprint density at radius 1 is 0.800 bits per heavy atom. The second kappa shape index (κ2) is 11.0. The summed E-state index contributed by atoms with van der Waals surface area (Å²) in [6.45, 7) is 4.56. The average molecular weight is 440 g/mol. The van der Waals surface area contributed by atoms with E-state index in [-0.39, 0.29) is 6.61 Å².